The molecule has 0 atom stereocenters. The van der Waals surface area contributed by atoms with Gasteiger partial charge in [-0.2, -0.15) is 17.6 Å². The average molecular weight is 415 g/mol. The number of non-ortho nitro benzene ring substituents is 1. The molecule has 1 aromatic rings. The maximum atomic E-state index is 12.9. The first-order valence-electron chi connectivity index (χ1n) is 4.48. The quantitative estimate of drug-likeness (QED) is 0.314. The summed E-state index contributed by atoms with van der Waals surface area (Å²) in [4.78, 5) is 19.3. The molecule has 1 aromatic carbocycles. The van der Waals surface area contributed by atoms with E-state index in [2.05, 4.69) is 4.74 Å². The summed E-state index contributed by atoms with van der Waals surface area (Å²) in [7, 11) is 0. The molecule has 0 saturated heterocycles. The van der Waals surface area contributed by atoms with Gasteiger partial charge in [0.1, 0.15) is 11.7 Å². The molecule has 0 saturated carbocycles. The van der Waals surface area contributed by atoms with Crippen molar-refractivity contribution < 1.29 is 106 Å². The first kappa shape index (κ1) is 19.7. The minimum absolute atomic E-state index is 0. The fraction of sp³-hybridized carbons (Fsp3) is 0.222. The van der Waals surface area contributed by atoms with Crippen LogP contribution < -0.4 is 78.7 Å². The zero-order valence-electron chi connectivity index (χ0n) is 9.81. The third-order valence-corrected chi connectivity index (χ3v) is 1.92. The van der Waals surface area contributed by atoms with E-state index in [0.29, 0.717) is 12.1 Å². The maximum Gasteiger partial charge on any atom is 1.00 e. The van der Waals surface area contributed by atoms with Crippen molar-refractivity contribution in [2.24, 2.45) is 0 Å². The van der Waals surface area contributed by atoms with E-state index in [1.165, 1.54) is 0 Å². The summed E-state index contributed by atoms with van der Waals surface area (Å²) in [5, 5.41) is 20.1. The predicted molar refractivity (Wildman–Crippen MR) is 48.6 cm³/mol. The number of carboxylic acids is 1. The topological polar surface area (TPSA) is 92.5 Å². The molecule has 0 heterocycles. The summed E-state index contributed by atoms with van der Waals surface area (Å²) in [6.07, 6.45) is -5.36. The van der Waals surface area contributed by atoms with Gasteiger partial charge in [0.15, 0.2) is 0 Å². The number of hydrogen-bond donors (Lipinski definition) is 0. The molecule has 0 bridgehead atoms. The molecule has 0 aliphatic carbocycles. The number of rotatable bonds is 5. The Hall–Kier alpha value is -0.338. The number of nitrogens with zero attached hydrogens (tertiary/aromatic N) is 1. The minimum Gasteiger partial charge on any atom is -0.544 e. The molecule has 1 rings (SSSR count). The van der Waals surface area contributed by atoms with E-state index >= 15 is 0 Å². The Labute approximate surface area is 167 Å². The van der Waals surface area contributed by atoms with Crippen LogP contribution in [0.1, 0.15) is 0 Å². The van der Waals surface area contributed by atoms with Crippen molar-refractivity contribution in [1.82, 2.24) is 0 Å². The van der Waals surface area contributed by atoms with Crippen LogP contribution in [0.4, 0.5) is 23.2 Å². The molecule has 0 amide bonds. The fourth-order valence-electron chi connectivity index (χ4n) is 0.967. The number of carbonyl (C=O) groups is 1. The molecule has 0 N–H and O–H groups in total. The number of nitro groups is 1. The van der Waals surface area contributed by atoms with Crippen LogP contribution in [0.3, 0.4) is 0 Å². The van der Waals surface area contributed by atoms with Crippen LogP contribution in [0.15, 0.2) is 24.3 Å². The Balaban J connectivity index is 0.00000361. The average Bonchev–Trinajstić information content (AvgIpc) is 2.28. The van der Waals surface area contributed by atoms with Crippen molar-refractivity contribution in [3.05, 3.63) is 34.4 Å². The van der Waals surface area contributed by atoms with E-state index in [4.69, 9.17) is 0 Å². The number of ether oxygens (including phenoxy) is 1. The van der Waals surface area contributed by atoms with E-state index in [-0.39, 0.29) is 68.9 Å². The maximum absolute atomic E-state index is 12.9. The van der Waals surface area contributed by atoms with Gasteiger partial charge in [-0.05, 0) is 12.1 Å². The Morgan fingerprint density at radius 3 is 1.95 bits per heavy atom. The number of carboxylic acid groups (broad SMARTS) is 1. The molecular weight excluding hydrogens is 411 g/mol. The molecule has 0 radical (unpaired) electrons. The van der Waals surface area contributed by atoms with Gasteiger partial charge >= 0.3 is 80.9 Å². The standard InChI is InChI=1S/C9H5F4NO5.Cs/c10-8(11,7(15)16)9(12,13)19-6-3-1-5(2-4-6)14(17)18;/h1-4H,(H,15,16);/q;+1/p-1. The Bertz CT molecular complexity index is 508. The van der Waals surface area contributed by atoms with Crippen LogP contribution in [0.2, 0.25) is 0 Å². The SMILES string of the molecule is O=C([O-])C(F)(F)C(F)(F)Oc1ccc([N+](=O)[O-])cc1.[Cs+]. The summed E-state index contributed by atoms with van der Waals surface area (Å²) in [5.74, 6) is -9.72. The molecule has 0 aromatic heterocycles. The van der Waals surface area contributed by atoms with Crippen LogP contribution in [-0.4, -0.2) is 22.9 Å². The number of aliphatic carboxylic acids is 1. The third-order valence-electron chi connectivity index (χ3n) is 1.92. The molecule has 104 valence electrons. The van der Waals surface area contributed by atoms with Gasteiger partial charge in [0.2, 0.25) is 0 Å². The molecule has 6 nitrogen and oxygen atoms in total. The third kappa shape index (κ3) is 4.33. The van der Waals surface area contributed by atoms with E-state index in [1.807, 2.05) is 0 Å². The van der Waals surface area contributed by atoms with Crippen molar-refractivity contribution in [3.8, 4) is 5.75 Å². The van der Waals surface area contributed by atoms with Crippen molar-refractivity contribution in [2.45, 2.75) is 12.0 Å². The van der Waals surface area contributed by atoms with E-state index in [9.17, 15) is 37.6 Å². The molecule has 0 spiro atoms. The van der Waals surface area contributed by atoms with Crippen LogP contribution in [0.5, 0.6) is 5.75 Å². The number of halogens is 4. The Kier molecular flexibility index (Phi) is 6.97. The second-order valence-electron chi connectivity index (χ2n) is 3.23. The summed E-state index contributed by atoms with van der Waals surface area (Å²) >= 11 is 0. The molecule has 0 aliphatic heterocycles. The normalized spacial score (nSPS) is 11.4. The van der Waals surface area contributed by atoms with Gasteiger partial charge in [0.25, 0.3) is 5.69 Å². The number of nitro benzene ring substituents is 1. The van der Waals surface area contributed by atoms with Gasteiger partial charge in [-0.1, -0.05) is 0 Å². The van der Waals surface area contributed by atoms with Gasteiger partial charge in [-0.3, -0.25) is 10.1 Å². The van der Waals surface area contributed by atoms with E-state index in [1.54, 1.807) is 0 Å². The monoisotopic (exact) mass is 415 g/mol. The number of benzene rings is 1. The van der Waals surface area contributed by atoms with Gasteiger partial charge in [-0.25, -0.2) is 0 Å². The fourth-order valence-corrected chi connectivity index (χ4v) is 0.967. The van der Waals surface area contributed by atoms with Gasteiger partial charge in [0.05, 0.1) is 4.92 Å². The largest absolute Gasteiger partial charge is 1.00 e. The van der Waals surface area contributed by atoms with Crippen LogP contribution in [-0.2, 0) is 4.79 Å². The first-order chi connectivity index (χ1) is 8.58. The number of alkyl halides is 4. The van der Waals surface area contributed by atoms with Crippen molar-refractivity contribution in [1.29, 1.82) is 0 Å². The van der Waals surface area contributed by atoms with Crippen molar-refractivity contribution in [3.63, 3.8) is 0 Å². The smallest absolute Gasteiger partial charge is 0.544 e. The van der Waals surface area contributed by atoms with E-state index in [0.717, 1.165) is 12.1 Å². The van der Waals surface area contributed by atoms with Crippen LogP contribution in [0.25, 0.3) is 0 Å². The molecular formula is C9H4CsF4NO5. The molecule has 20 heavy (non-hydrogen) atoms. The molecule has 0 aliphatic rings. The molecule has 0 fully saturated rings. The minimum atomic E-state index is -5.55. The van der Waals surface area contributed by atoms with Crippen molar-refractivity contribution >= 4 is 11.7 Å². The summed E-state index contributed by atoms with van der Waals surface area (Å²) < 4.78 is 54.4. The second kappa shape index (κ2) is 7.09. The van der Waals surface area contributed by atoms with Gasteiger partial charge in [0, 0.05) is 12.1 Å². The molecule has 0 unspecified atom stereocenters. The molecule has 11 heteroatoms. The van der Waals surface area contributed by atoms with Crippen LogP contribution in [0, 0.1) is 10.1 Å². The number of carbonyl (C=O) groups excluding carboxylic acids is 1. The van der Waals surface area contributed by atoms with Gasteiger partial charge in [-0.15, -0.1) is 0 Å². The zero-order chi connectivity index (χ0) is 14.8. The first-order valence-corrected chi connectivity index (χ1v) is 4.48. The second-order valence-corrected chi connectivity index (χ2v) is 3.23. The van der Waals surface area contributed by atoms with Crippen molar-refractivity contribution in [2.75, 3.05) is 0 Å². The Morgan fingerprint density at radius 1 is 1.15 bits per heavy atom. The summed E-state index contributed by atoms with van der Waals surface area (Å²) in [6.45, 7) is 0. The van der Waals surface area contributed by atoms with Crippen LogP contribution >= 0.6 is 0 Å². The van der Waals surface area contributed by atoms with E-state index < -0.39 is 34.4 Å². The summed E-state index contributed by atoms with van der Waals surface area (Å²) in [6, 6.07) is 2.69. The zero-order valence-corrected chi connectivity index (χ0v) is 16.1. The number of hydrogen-bond acceptors (Lipinski definition) is 5. The van der Waals surface area contributed by atoms with Gasteiger partial charge < -0.3 is 14.6 Å². The summed E-state index contributed by atoms with van der Waals surface area (Å²) in [5.41, 5.74) is -0.484. The predicted octanol–water partition coefficient (Wildman–Crippen LogP) is -2.04. The Morgan fingerprint density at radius 2 is 1.60 bits per heavy atom.